The van der Waals surface area contributed by atoms with Crippen LogP contribution in [0.2, 0.25) is 0 Å². The molecule has 51 heavy (non-hydrogen) atoms. The molecule has 1 rings (SSSR count). The van der Waals surface area contributed by atoms with Crippen LogP contribution in [0, 0.1) is 0 Å². The predicted octanol–water partition coefficient (Wildman–Crippen LogP) is 7.94. The van der Waals surface area contributed by atoms with Crippen LogP contribution < -0.4 is 5.32 Å². The van der Waals surface area contributed by atoms with Crippen molar-refractivity contribution in [1.82, 2.24) is 5.32 Å². The van der Waals surface area contributed by atoms with Gasteiger partial charge in [-0.1, -0.05) is 173 Å². The van der Waals surface area contributed by atoms with E-state index in [0.717, 1.165) is 44.9 Å². The van der Waals surface area contributed by atoms with Gasteiger partial charge in [-0.25, -0.2) is 0 Å². The summed E-state index contributed by atoms with van der Waals surface area (Å²) in [7, 11) is 0. The van der Waals surface area contributed by atoms with Crippen LogP contribution in [0.5, 0.6) is 0 Å². The second-order valence-corrected chi connectivity index (χ2v) is 14.8. The molecule has 9 nitrogen and oxygen atoms in total. The van der Waals surface area contributed by atoms with Crippen LogP contribution >= 0.6 is 0 Å². The maximum Gasteiger partial charge on any atom is 0.220 e. The number of carbonyl (C=O) groups is 1. The Bertz CT molecular complexity index is 853. The number of aliphatic hydroxyl groups excluding tert-OH is 5. The highest BCUT2D eigenvalue weighted by Gasteiger charge is 2.44. The Hall–Kier alpha value is -1.33. The largest absolute Gasteiger partial charge is 0.394 e. The van der Waals surface area contributed by atoms with Gasteiger partial charge in [-0.15, -0.1) is 0 Å². The fourth-order valence-electron chi connectivity index (χ4n) is 6.57. The number of rotatable bonds is 34. The number of hydrogen-bond acceptors (Lipinski definition) is 8. The summed E-state index contributed by atoms with van der Waals surface area (Å²) in [5, 5.41) is 53.8. The average molecular weight is 726 g/mol. The van der Waals surface area contributed by atoms with Gasteiger partial charge in [0.05, 0.1) is 25.4 Å². The number of unbranched alkanes of at least 4 members (excludes halogenated alkanes) is 22. The fourth-order valence-corrected chi connectivity index (χ4v) is 6.57. The molecular formula is C42H79NO8. The first-order valence-electron chi connectivity index (χ1n) is 21.1. The van der Waals surface area contributed by atoms with E-state index in [9.17, 15) is 30.3 Å². The normalized spacial score (nSPS) is 22.2. The minimum absolute atomic E-state index is 0.189. The maximum atomic E-state index is 12.9. The molecule has 9 heteroatoms. The second kappa shape index (κ2) is 33.3. The number of nitrogens with one attached hydrogen (secondary N) is 1. The van der Waals surface area contributed by atoms with Crippen LogP contribution in [0.15, 0.2) is 24.3 Å². The summed E-state index contributed by atoms with van der Waals surface area (Å²) in [6, 6.07) is -0.814. The average Bonchev–Trinajstić information content (AvgIpc) is 3.13. The molecule has 300 valence electrons. The van der Waals surface area contributed by atoms with Crippen LogP contribution in [0.1, 0.15) is 181 Å². The van der Waals surface area contributed by atoms with Crippen molar-refractivity contribution in [2.24, 2.45) is 0 Å². The first-order chi connectivity index (χ1) is 24.8. The molecule has 0 aliphatic carbocycles. The lowest BCUT2D eigenvalue weighted by molar-refractivity contribution is -0.302. The second-order valence-electron chi connectivity index (χ2n) is 14.8. The van der Waals surface area contributed by atoms with Gasteiger partial charge in [0, 0.05) is 6.42 Å². The molecule has 0 radical (unpaired) electrons. The van der Waals surface area contributed by atoms with Crippen molar-refractivity contribution in [3.63, 3.8) is 0 Å². The molecule has 6 N–H and O–H groups in total. The Labute approximate surface area is 311 Å². The van der Waals surface area contributed by atoms with E-state index in [1.807, 2.05) is 6.08 Å². The van der Waals surface area contributed by atoms with Crippen LogP contribution in [-0.2, 0) is 14.3 Å². The Morgan fingerprint density at radius 2 is 1.12 bits per heavy atom. The lowest BCUT2D eigenvalue weighted by atomic mass is 9.99. The van der Waals surface area contributed by atoms with Crippen molar-refractivity contribution < 1.29 is 39.8 Å². The Balaban J connectivity index is 2.28. The predicted molar refractivity (Wildman–Crippen MR) is 207 cm³/mol. The van der Waals surface area contributed by atoms with Gasteiger partial charge in [-0.2, -0.15) is 0 Å². The number of amides is 1. The Morgan fingerprint density at radius 1 is 0.647 bits per heavy atom. The lowest BCUT2D eigenvalue weighted by Gasteiger charge is -2.40. The van der Waals surface area contributed by atoms with Crippen LogP contribution in [0.25, 0.3) is 0 Å². The van der Waals surface area contributed by atoms with Crippen molar-refractivity contribution >= 4 is 5.91 Å². The zero-order valence-electron chi connectivity index (χ0n) is 32.6. The first kappa shape index (κ1) is 47.7. The van der Waals surface area contributed by atoms with Crippen molar-refractivity contribution in [2.45, 2.75) is 224 Å². The molecular weight excluding hydrogens is 646 g/mol. The SMILES string of the molecule is CCCC/C=C/CC/C=C/C(O)C(COC1OC(CO)C(O)C(O)C1O)NC(=O)CCCCCCCCCCCCCCCCCCCCCC. The van der Waals surface area contributed by atoms with Gasteiger partial charge in [-0.05, 0) is 25.7 Å². The molecule has 1 aliphatic rings. The molecule has 1 amide bonds. The molecule has 1 aliphatic heterocycles. The van der Waals surface area contributed by atoms with Crippen molar-refractivity contribution in [2.75, 3.05) is 13.2 Å². The summed E-state index contributed by atoms with van der Waals surface area (Å²) in [6.45, 7) is 3.67. The zero-order chi connectivity index (χ0) is 37.4. The van der Waals surface area contributed by atoms with Crippen molar-refractivity contribution in [3.05, 3.63) is 24.3 Å². The van der Waals surface area contributed by atoms with Crippen LogP contribution in [0.4, 0.5) is 0 Å². The molecule has 1 heterocycles. The third-order valence-electron chi connectivity index (χ3n) is 10.0. The van der Waals surface area contributed by atoms with Gasteiger partial charge in [0.25, 0.3) is 0 Å². The summed E-state index contributed by atoms with van der Waals surface area (Å²) in [5.41, 5.74) is 0. The molecule has 1 fully saturated rings. The van der Waals surface area contributed by atoms with E-state index in [2.05, 4.69) is 31.3 Å². The summed E-state index contributed by atoms with van der Waals surface area (Å²) in [5.74, 6) is -0.189. The highest BCUT2D eigenvalue weighted by atomic mass is 16.7. The topological polar surface area (TPSA) is 149 Å². The van der Waals surface area contributed by atoms with Gasteiger partial charge >= 0.3 is 0 Å². The maximum absolute atomic E-state index is 12.9. The van der Waals surface area contributed by atoms with E-state index >= 15 is 0 Å². The van der Waals surface area contributed by atoms with E-state index in [-0.39, 0.29) is 12.5 Å². The number of aliphatic hydroxyl groups is 5. The molecule has 0 bridgehead atoms. The minimum Gasteiger partial charge on any atom is -0.394 e. The molecule has 0 spiro atoms. The quantitative estimate of drug-likeness (QED) is 0.0289. The Kier molecular flexibility index (Phi) is 31.1. The number of ether oxygens (including phenoxy) is 2. The third-order valence-corrected chi connectivity index (χ3v) is 10.0. The van der Waals surface area contributed by atoms with Gasteiger partial charge in [0.15, 0.2) is 6.29 Å². The van der Waals surface area contributed by atoms with Crippen LogP contribution in [0.3, 0.4) is 0 Å². The lowest BCUT2D eigenvalue weighted by Crippen LogP contribution is -2.60. The Morgan fingerprint density at radius 3 is 1.63 bits per heavy atom. The molecule has 7 atom stereocenters. The highest BCUT2D eigenvalue weighted by Crippen LogP contribution is 2.22. The van der Waals surface area contributed by atoms with Gasteiger partial charge in [0.2, 0.25) is 5.91 Å². The molecule has 0 aromatic heterocycles. The summed E-state index contributed by atoms with van der Waals surface area (Å²) >= 11 is 0. The summed E-state index contributed by atoms with van der Waals surface area (Å²) < 4.78 is 11.1. The zero-order valence-corrected chi connectivity index (χ0v) is 32.6. The molecule has 0 saturated carbocycles. The first-order valence-corrected chi connectivity index (χ1v) is 21.1. The highest BCUT2D eigenvalue weighted by molar-refractivity contribution is 5.76. The number of hydrogen-bond donors (Lipinski definition) is 6. The van der Waals surface area contributed by atoms with E-state index in [1.165, 1.54) is 116 Å². The van der Waals surface area contributed by atoms with Gasteiger partial charge < -0.3 is 40.3 Å². The van der Waals surface area contributed by atoms with E-state index in [4.69, 9.17) is 9.47 Å². The molecule has 1 saturated heterocycles. The third kappa shape index (κ3) is 24.6. The van der Waals surface area contributed by atoms with E-state index < -0.39 is 49.5 Å². The van der Waals surface area contributed by atoms with Crippen molar-refractivity contribution in [3.8, 4) is 0 Å². The van der Waals surface area contributed by atoms with Gasteiger partial charge in [0.1, 0.15) is 24.4 Å². The summed E-state index contributed by atoms with van der Waals surface area (Å²) in [4.78, 5) is 12.9. The van der Waals surface area contributed by atoms with Crippen molar-refractivity contribution in [1.29, 1.82) is 0 Å². The van der Waals surface area contributed by atoms with Gasteiger partial charge in [-0.3, -0.25) is 4.79 Å². The summed E-state index contributed by atoms with van der Waals surface area (Å²) in [6.07, 6.45) is 31.0. The fraction of sp³-hybridized carbons (Fsp3) is 0.881. The smallest absolute Gasteiger partial charge is 0.220 e. The minimum atomic E-state index is -1.57. The monoisotopic (exact) mass is 726 g/mol. The van der Waals surface area contributed by atoms with Crippen LogP contribution in [-0.4, -0.2) is 87.5 Å². The van der Waals surface area contributed by atoms with E-state index in [1.54, 1.807) is 6.08 Å². The molecule has 0 aromatic rings. The standard InChI is InChI=1S/C42H79NO8/c1-3-5-7-9-11-13-14-15-16-17-18-19-20-21-22-23-24-26-28-30-32-38(46)43-35(36(45)31-29-27-25-12-10-8-6-4-2)34-50-42-41(49)40(48)39(47)37(33-44)51-42/h10,12,29,31,35-37,39-42,44-45,47-49H,3-9,11,13-28,30,32-34H2,1-2H3,(H,43,46)/b12-10+,31-29+. The van der Waals surface area contributed by atoms with E-state index in [0.29, 0.717) is 6.42 Å². The molecule has 7 unspecified atom stereocenters. The molecule has 0 aromatic carbocycles. The number of carbonyl (C=O) groups excluding carboxylic acids is 1. The number of allylic oxidation sites excluding steroid dienone is 3.